The first kappa shape index (κ1) is 25.3. The lowest BCUT2D eigenvalue weighted by Crippen LogP contribution is -2.30. The molecule has 38 heavy (non-hydrogen) atoms. The van der Waals surface area contributed by atoms with Gasteiger partial charge in [0.25, 0.3) is 5.91 Å². The lowest BCUT2D eigenvalue weighted by atomic mass is 10.1. The van der Waals surface area contributed by atoms with Gasteiger partial charge in [-0.1, -0.05) is 24.3 Å². The van der Waals surface area contributed by atoms with Crippen LogP contribution in [0.2, 0.25) is 0 Å². The molecule has 5 rings (SSSR count). The maximum atomic E-state index is 13.1. The van der Waals surface area contributed by atoms with Crippen molar-refractivity contribution in [1.82, 2.24) is 29.2 Å². The minimum Gasteiger partial charge on any atom is -0.329 e. The third-order valence-corrected chi connectivity index (χ3v) is 6.66. The van der Waals surface area contributed by atoms with Gasteiger partial charge in [0, 0.05) is 48.9 Å². The van der Waals surface area contributed by atoms with Crippen LogP contribution in [0.4, 0.5) is 5.82 Å². The van der Waals surface area contributed by atoms with E-state index in [9.17, 15) is 9.59 Å². The Bertz CT molecular complexity index is 1480. The highest BCUT2D eigenvalue weighted by Gasteiger charge is 2.33. The number of likely N-dealkylation sites (tertiary alicyclic amines) is 1. The lowest BCUT2D eigenvalue weighted by Gasteiger charge is -2.22. The van der Waals surface area contributed by atoms with Gasteiger partial charge in [-0.2, -0.15) is 0 Å². The maximum Gasteiger partial charge on any atom is 0.256 e. The molecule has 9 nitrogen and oxygen atoms in total. The van der Waals surface area contributed by atoms with E-state index in [1.807, 2.05) is 61.3 Å². The number of anilines is 1. The van der Waals surface area contributed by atoms with Gasteiger partial charge in [-0.25, -0.2) is 9.97 Å². The zero-order valence-electron chi connectivity index (χ0n) is 21.8. The first-order valence-electron chi connectivity index (χ1n) is 12.7. The number of carbonyl (C=O) groups excluding carboxylic acids is 2. The van der Waals surface area contributed by atoms with Gasteiger partial charge in [0.2, 0.25) is 5.91 Å². The van der Waals surface area contributed by atoms with E-state index in [1.54, 1.807) is 42.7 Å². The summed E-state index contributed by atoms with van der Waals surface area (Å²) in [6.07, 6.45) is 10.6. The van der Waals surface area contributed by atoms with Crippen LogP contribution in [0.5, 0.6) is 0 Å². The molecule has 1 saturated heterocycles. The van der Waals surface area contributed by atoms with Gasteiger partial charge in [0.1, 0.15) is 11.6 Å². The number of hydrogen-bond acceptors (Lipinski definition) is 6. The SMILES string of the molecule is Cc1nccn2c([C@@H]3CCCN3C(=O)/C=C/CN(C)C)nc(-c3ccc(C(=O)Nc4ccccn4)cc3)c12. The Labute approximate surface area is 221 Å². The number of pyridine rings is 1. The summed E-state index contributed by atoms with van der Waals surface area (Å²) in [5.41, 5.74) is 3.93. The lowest BCUT2D eigenvalue weighted by molar-refractivity contribution is -0.127. The Kier molecular flexibility index (Phi) is 7.28. The third kappa shape index (κ3) is 5.19. The number of amides is 2. The van der Waals surface area contributed by atoms with Crippen LogP contribution in [-0.4, -0.2) is 68.2 Å². The summed E-state index contributed by atoms with van der Waals surface area (Å²) in [6, 6.07) is 12.6. The summed E-state index contributed by atoms with van der Waals surface area (Å²) >= 11 is 0. The van der Waals surface area contributed by atoms with Crippen molar-refractivity contribution in [3.8, 4) is 11.3 Å². The summed E-state index contributed by atoms with van der Waals surface area (Å²) in [6.45, 7) is 3.37. The first-order valence-corrected chi connectivity index (χ1v) is 12.7. The summed E-state index contributed by atoms with van der Waals surface area (Å²) < 4.78 is 2.05. The molecule has 4 heterocycles. The molecule has 0 saturated carbocycles. The highest BCUT2D eigenvalue weighted by atomic mass is 16.2. The van der Waals surface area contributed by atoms with Crippen LogP contribution in [0.25, 0.3) is 16.8 Å². The average Bonchev–Trinajstić information content (AvgIpc) is 3.55. The zero-order chi connectivity index (χ0) is 26.6. The van der Waals surface area contributed by atoms with Crippen molar-refractivity contribution in [3.05, 3.63) is 90.3 Å². The van der Waals surface area contributed by atoms with Crippen LogP contribution >= 0.6 is 0 Å². The number of carbonyl (C=O) groups is 2. The molecule has 1 atom stereocenters. The van der Waals surface area contributed by atoms with E-state index in [-0.39, 0.29) is 17.9 Å². The van der Waals surface area contributed by atoms with Crippen molar-refractivity contribution in [2.75, 3.05) is 32.5 Å². The second-order valence-corrected chi connectivity index (χ2v) is 9.65. The molecule has 1 aliphatic rings. The average molecular weight is 510 g/mol. The van der Waals surface area contributed by atoms with Gasteiger partial charge in [-0.3, -0.25) is 19.0 Å². The molecule has 4 aromatic rings. The van der Waals surface area contributed by atoms with Gasteiger partial charge in [0.15, 0.2) is 0 Å². The van der Waals surface area contributed by atoms with E-state index < -0.39 is 0 Å². The number of hydrogen-bond donors (Lipinski definition) is 1. The molecular formula is C29H31N7O2. The predicted octanol–water partition coefficient (Wildman–Crippen LogP) is 4.13. The fourth-order valence-electron chi connectivity index (χ4n) is 4.82. The van der Waals surface area contributed by atoms with Gasteiger partial charge in [-0.05, 0) is 58.1 Å². The summed E-state index contributed by atoms with van der Waals surface area (Å²) in [5, 5.41) is 2.81. The highest BCUT2D eigenvalue weighted by Crippen LogP contribution is 2.36. The largest absolute Gasteiger partial charge is 0.329 e. The van der Waals surface area contributed by atoms with E-state index in [1.165, 1.54) is 0 Å². The quantitative estimate of drug-likeness (QED) is 0.377. The van der Waals surface area contributed by atoms with Crippen molar-refractivity contribution in [3.63, 3.8) is 0 Å². The number of likely N-dealkylation sites (N-methyl/N-ethyl adjacent to an activating group) is 1. The van der Waals surface area contributed by atoms with Crippen molar-refractivity contribution in [2.45, 2.75) is 25.8 Å². The molecule has 1 aliphatic heterocycles. The molecule has 9 heteroatoms. The molecule has 2 amide bonds. The van der Waals surface area contributed by atoms with E-state index >= 15 is 0 Å². The molecule has 0 aliphatic carbocycles. The number of nitrogens with one attached hydrogen (secondary N) is 1. The molecule has 0 spiro atoms. The topological polar surface area (TPSA) is 95.7 Å². The Morgan fingerprint density at radius 2 is 1.92 bits per heavy atom. The van der Waals surface area contributed by atoms with Gasteiger partial charge < -0.3 is 15.1 Å². The Morgan fingerprint density at radius 3 is 2.66 bits per heavy atom. The minimum atomic E-state index is -0.231. The molecule has 0 unspecified atom stereocenters. The summed E-state index contributed by atoms with van der Waals surface area (Å²) in [5.74, 6) is 1.09. The zero-order valence-corrected chi connectivity index (χ0v) is 21.8. The van der Waals surface area contributed by atoms with Crippen LogP contribution < -0.4 is 5.32 Å². The van der Waals surface area contributed by atoms with Gasteiger partial charge >= 0.3 is 0 Å². The number of imidazole rings is 1. The van der Waals surface area contributed by atoms with E-state index in [4.69, 9.17) is 4.98 Å². The number of aromatic nitrogens is 4. The minimum absolute atomic E-state index is 0.00157. The molecule has 0 radical (unpaired) electrons. The fraction of sp³-hybridized carbons (Fsp3) is 0.276. The van der Waals surface area contributed by atoms with Crippen molar-refractivity contribution in [2.24, 2.45) is 0 Å². The summed E-state index contributed by atoms with van der Waals surface area (Å²) in [4.78, 5) is 43.4. The number of benzene rings is 1. The van der Waals surface area contributed by atoms with Crippen molar-refractivity contribution < 1.29 is 9.59 Å². The second kappa shape index (κ2) is 10.9. The first-order chi connectivity index (χ1) is 18.4. The molecule has 1 fully saturated rings. The normalized spacial score (nSPS) is 15.6. The number of nitrogens with zero attached hydrogens (tertiary/aromatic N) is 6. The Balaban J connectivity index is 1.45. The number of rotatable bonds is 7. The fourth-order valence-corrected chi connectivity index (χ4v) is 4.82. The van der Waals surface area contributed by atoms with Gasteiger partial charge in [-0.15, -0.1) is 0 Å². The smallest absolute Gasteiger partial charge is 0.256 e. The third-order valence-electron chi connectivity index (χ3n) is 6.66. The Morgan fingerprint density at radius 1 is 1.11 bits per heavy atom. The Hall–Kier alpha value is -4.37. The number of aryl methyl sites for hydroxylation is 1. The van der Waals surface area contributed by atoms with E-state index in [0.29, 0.717) is 24.5 Å². The molecule has 1 aromatic carbocycles. The molecular weight excluding hydrogens is 478 g/mol. The monoisotopic (exact) mass is 509 g/mol. The van der Waals surface area contributed by atoms with Crippen LogP contribution in [0.15, 0.2) is 73.2 Å². The molecule has 0 bridgehead atoms. The highest BCUT2D eigenvalue weighted by molar-refractivity contribution is 6.04. The predicted molar refractivity (Wildman–Crippen MR) is 147 cm³/mol. The van der Waals surface area contributed by atoms with Gasteiger partial charge in [0.05, 0.1) is 22.9 Å². The standard InChI is InChI=1S/C29H31N7O2/c1-20-27-26(21-11-13-22(14-12-21)29(38)32-24-9-4-5-15-31-24)33-28(36(27)19-16-30-20)23-8-6-18-35(23)25(37)10-7-17-34(2)3/h4-5,7,9-16,19,23H,6,8,17-18H2,1-3H3,(H,31,32,38)/b10-7+/t23-/m0/s1. The summed E-state index contributed by atoms with van der Waals surface area (Å²) in [7, 11) is 3.95. The number of fused-ring (bicyclic) bond motifs is 1. The van der Waals surface area contributed by atoms with Crippen molar-refractivity contribution in [1.29, 1.82) is 0 Å². The second-order valence-electron chi connectivity index (χ2n) is 9.65. The van der Waals surface area contributed by atoms with Crippen LogP contribution in [0.1, 0.15) is 40.8 Å². The van der Waals surface area contributed by atoms with E-state index in [2.05, 4.69) is 19.7 Å². The van der Waals surface area contributed by atoms with Crippen LogP contribution in [0.3, 0.4) is 0 Å². The van der Waals surface area contributed by atoms with E-state index in [0.717, 1.165) is 41.1 Å². The molecule has 1 N–H and O–H groups in total. The maximum absolute atomic E-state index is 13.1. The van der Waals surface area contributed by atoms with Crippen LogP contribution in [-0.2, 0) is 4.79 Å². The molecule has 194 valence electrons. The molecule has 3 aromatic heterocycles. The van der Waals surface area contributed by atoms with Crippen molar-refractivity contribution >= 4 is 23.1 Å². The van der Waals surface area contributed by atoms with Crippen LogP contribution in [0, 0.1) is 6.92 Å².